The number of hydrogen-bond donors (Lipinski definition) is 3. The summed E-state index contributed by atoms with van der Waals surface area (Å²) in [5.74, 6) is 0.120. The molecule has 1 fully saturated rings. The Kier molecular flexibility index (Phi) is 7.17. The zero-order valence-electron chi connectivity index (χ0n) is 18.2. The predicted molar refractivity (Wildman–Crippen MR) is 120 cm³/mol. The van der Waals surface area contributed by atoms with E-state index in [1.54, 1.807) is 25.7 Å². The number of amidine groups is 2. The molecule has 0 saturated heterocycles. The van der Waals surface area contributed by atoms with Gasteiger partial charge < -0.3 is 10.0 Å². The third-order valence-corrected chi connectivity index (χ3v) is 5.31. The Morgan fingerprint density at radius 1 is 1.10 bits per heavy atom. The zero-order chi connectivity index (χ0) is 21.8. The van der Waals surface area contributed by atoms with E-state index in [4.69, 9.17) is 10.8 Å². The molecule has 0 radical (unpaired) electrons. The number of benzene rings is 2. The summed E-state index contributed by atoms with van der Waals surface area (Å²) >= 11 is 0. The van der Waals surface area contributed by atoms with Crippen molar-refractivity contribution in [1.29, 1.82) is 10.8 Å². The number of fused-ring (bicyclic) bond motifs is 1. The zero-order valence-corrected chi connectivity index (χ0v) is 18.2. The summed E-state index contributed by atoms with van der Waals surface area (Å²) in [4.78, 5) is 13.0. The summed E-state index contributed by atoms with van der Waals surface area (Å²) in [5.41, 5.74) is 1.40. The van der Waals surface area contributed by atoms with E-state index in [1.165, 1.54) is 23.8 Å². The molecule has 0 heterocycles. The van der Waals surface area contributed by atoms with Crippen molar-refractivity contribution >= 4 is 28.4 Å². The third-order valence-electron chi connectivity index (χ3n) is 5.31. The van der Waals surface area contributed by atoms with Crippen LogP contribution in [0.1, 0.15) is 70.9 Å². The van der Waals surface area contributed by atoms with E-state index in [-0.39, 0.29) is 18.1 Å². The quantitative estimate of drug-likeness (QED) is 0.413. The van der Waals surface area contributed by atoms with Crippen LogP contribution in [-0.4, -0.2) is 27.6 Å². The van der Waals surface area contributed by atoms with E-state index in [2.05, 4.69) is 30.3 Å². The fourth-order valence-electron chi connectivity index (χ4n) is 3.45. The molecule has 2 aromatic carbocycles. The summed E-state index contributed by atoms with van der Waals surface area (Å²) in [6, 6.07) is 12.6. The van der Waals surface area contributed by atoms with Crippen molar-refractivity contribution in [3.8, 4) is 0 Å². The molecule has 156 valence electrons. The van der Waals surface area contributed by atoms with Crippen molar-refractivity contribution in [3.63, 3.8) is 0 Å². The van der Waals surface area contributed by atoms with Gasteiger partial charge in [0.05, 0.1) is 17.8 Å². The lowest BCUT2D eigenvalue weighted by Crippen LogP contribution is -2.38. The SMILES string of the molecule is CC.CC(=N)N(Cc1ccc(C2CC2)c2ccccc12)C(=N)CC(C)(C)C(=O)O. The largest absolute Gasteiger partial charge is 0.481 e. The number of nitrogens with one attached hydrogen (secondary N) is 2. The molecule has 3 rings (SSSR count). The van der Waals surface area contributed by atoms with Crippen molar-refractivity contribution in [1.82, 2.24) is 4.90 Å². The van der Waals surface area contributed by atoms with Crippen LogP contribution in [0.5, 0.6) is 0 Å². The smallest absolute Gasteiger partial charge is 0.309 e. The molecule has 0 unspecified atom stereocenters. The van der Waals surface area contributed by atoms with E-state index < -0.39 is 11.4 Å². The molecule has 1 aliphatic rings. The Morgan fingerprint density at radius 2 is 1.69 bits per heavy atom. The van der Waals surface area contributed by atoms with Crippen molar-refractivity contribution in [3.05, 3.63) is 47.5 Å². The first-order valence-electron chi connectivity index (χ1n) is 10.3. The van der Waals surface area contributed by atoms with Gasteiger partial charge in [-0.2, -0.15) is 0 Å². The number of hydrogen-bond acceptors (Lipinski definition) is 3. The van der Waals surface area contributed by atoms with Gasteiger partial charge in [0.2, 0.25) is 0 Å². The minimum absolute atomic E-state index is 0.0800. The van der Waals surface area contributed by atoms with Crippen LogP contribution >= 0.6 is 0 Å². The average molecular weight is 396 g/mol. The highest BCUT2D eigenvalue weighted by Gasteiger charge is 2.31. The molecule has 1 aliphatic carbocycles. The van der Waals surface area contributed by atoms with E-state index in [1.807, 2.05) is 19.9 Å². The van der Waals surface area contributed by atoms with E-state index >= 15 is 0 Å². The lowest BCUT2D eigenvalue weighted by Gasteiger charge is -2.29. The average Bonchev–Trinajstić information content (AvgIpc) is 3.51. The second-order valence-corrected chi connectivity index (χ2v) is 8.12. The Balaban J connectivity index is 0.00000145. The third kappa shape index (κ3) is 5.22. The van der Waals surface area contributed by atoms with Gasteiger partial charge in [-0.25, -0.2) is 0 Å². The van der Waals surface area contributed by atoms with Gasteiger partial charge in [0.25, 0.3) is 0 Å². The number of nitrogens with zero attached hydrogens (tertiary/aromatic N) is 1. The van der Waals surface area contributed by atoms with Gasteiger partial charge >= 0.3 is 5.97 Å². The van der Waals surface area contributed by atoms with Crippen molar-refractivity contribution in [2.45, 2.75) is 66.3 Å². The lowest BCUT2D eigenvalue weighted by atomic mass is 9.88. The van der Waals surface area contributed by atoms with Crippen molar-refractivity contribution < 1.29 is 9.90 Å². The van der Waals surface area contributed by atoms with Crippen LogP contribution in [0.4, 0.5) is 0 Å². The molecular weight excluding hydrogens is 362 g/mol. The topological polar surface area (TPSA) is 88.2 Å². The fourth-order valence-corrected chi connectivity index (χ4v) is 3.45. The number of carbonyl (C=O) groups is 1. The Bertz CT molecular complexity index is 913. The minimum Gasteiger partial charge on any atom is -0.481 e. The standard InChI is InChI=1S/C22H27N3O2.C2H6/c1-14(23)25(20(24)12-22(2,3)21(26)27)13-16-10-11-18(15-8-9-15)19-7-5-4-6-17(16)19;1-2/h4-7,10-11,15,23-24H,8-9,12-13H2,1-3H3,(H,26,27);1-2H3. The van der Waals surface area contributed by atoms with E-state index in [0.717, 1.165) is 10.9 Å². The van der Waals surface area contributed by atoms with Gasteiger partial charge in [-0.3, -0.25) is 15.6 Å². The van der Waals surface area contributed by atoms with Gasteiger partial charge in [0.15, 0.2) is 0 Å². The maximum Gasteiger partial charge on any atom is 0.309 e. The van der Waals surface area contributed by atoms with Gasteiger partial charge in [-0.05, 0) is 61.4 Å². The molecule has 0 aliphatic heterocycles. The Labute approximate surface area is 173 Å². The monoisotopic (exact) mass is 395 g/mol. The molecule has 0 bridgehead atoms. The maximum absolute atomic E-state index is 11.4. The molecule has 0 atom stereocenters. The molecule has 5 heteroatoms. The van der Waals surface area contributed by atoms with Crippen LogP contribution < -0.4 is 0 Å². The molecule has 0 amide bonds. The van der Waals surface area contributed by atoms with Crippen LogP contribution in [-0.2, 0) is 11.3 Å². The van der Waals surface area contributed by atoms with Crippen LogP contribution in [0.3, 0.4) is 0 Å². The van der Waals surface area contributed by atoms with Gasteiger partial charge in [0.1, 0.15) is 5.84 Å². The number of carboxylic acids is 1. The van der Waals surface area contributed by atoms with E-state index in [9.17, 15) is 9.90 Å². The minimum atomic E-state index is -1.04. The Hall–Kier alpha value is -2.69. The molecule has 0 aromatic heterocycles. The first-order valence-corrected chi connectivity index (χ1v) is 10.3. The first-order chi connectivity index (χ1) is 13.7. The Morgan fingerprint density at radius 3 is 2.21 bits per heavy atom. The van der Waals surface area contributed by atoms with Crippen LogP contribution in [0, 0.1) is 16.2 Å². The second kappa shape index (κ2) is 9.21. The summed E-state index contributed by atoms with van der Waals surface area (Å²) in [6.45, 7) is 9.26. The second-order valence-electron chi connectivity index (χ2n) is 8.12. The molecule has 0 spiro atoms. The van der Waals surface area contributed by atoms with Crippen molar-refractivity contribution in [2.75, 3.05) is 0 Å². The molecule has 5 nitrogen and oxygen atoms in total. The van der Waals surface area contributed by atoms with Crippen LogP contribution in [0.2, 0.25) is 0 Å². The van der Waals surface area contributed by atoms with Gasteiger partial charge in [0, 0.05) is 6.42 Å². The first kappa shape index (κ1) is 22.6. The maximum atomic E-state index is 11.4. The summed E-state index contributed by atoms with van der Waals surface area (Å²) in [5, 5.41) is 28.3. The number of aliphatic carboxylic acids is 1. The predicted octanol–water partition coefficient (Wildman–Crippen LogP) is 6.02. The number of rotatable bonds is 6. The normalized spacial score (nSPS) is 13.4. The summed E-state index contributed by atoms with van der Waals surface area (Å²) in [7, 11) is 0. The van der Waals surface area contributed by atoms with Gasteiger partial charge in [-0.1, -0.05) is 50.2 Å². The fraction of sp³-hybridized carbons (Fsp3) is 0.458. The summed E-state index contributed by atoms with van der Waals surface area (Å²) in [6.07, 6.45) is 2.56. The number of carboxylic acid groups (broad SMARTS) is 1. The summed E-state index contributed by atoms with van der Waals surface area (Å²) < 4.78 is 0. The highest BCUT2D eigenvalue weighted by atomic mass is 16.4. The molecule has 29 heavy (non-hydrogen) atoms. The highest BCUT2D eigenvalue weighted by molar-refractivity contribution is 5.99. The molecule has 3 N–H and O–H groups in total. The van der Waals surface area contributed by atoms with E-state index in [0.29, 0.717) is 12.5 Å². The van der Waals surface area contributed by atoms with Crippen molar-refractivity contribution in [2.24, 2.45) is 5.41 Å². The van der Waals surface area contributed by atoms with Gasteiger partial charge in [-0.15, -0.1) is 0 Å². The highest BCUT2D eigenvalue weighted by Crippen LogP contribution is 2.43. The molecule has 2 aromatic rings. The molecule has 1 saturated carbocycles. The lowest BCUT2D eigenvalue weighted by molar-refractivity contribution is -0.146. The van der Waals surface area contributed by atoms with Crippen LogP contribution in [0.15, 0.2) is 36.4 Å². The van der Waals surface area contributed by atoms with Crippen LogP contribution in [0.25, 0.3) is 10.8 Å². The molecular formula is C24H33N3O2.